The maximum absolute atomic E-state index is 11.9. The lowest BCUT2D eigenvalue weighted by molar-refractivity contribution is -0.144. The summed E-state index contributed by atoms with van der Waals surface area (Å²) in [6, 6.07) is 0. The van der Waals surface area contributed by atoms with Crippen LogP contribution >= 0.6 is 11.6 Å². The van der Waals surface area contributed by atoms with Gasteiger partial charge in [0, 0.05) is 19.0 Å². The van der Waals surface area contributed by atoms with Crippen LogP contribution in [0.25, 0.3) is 0 Å². The summed E-state index contributed by atoms with van der Waals surface area (Å²) in [6.07, 6.45) is 0. The molecule has 2 amide bonds. The van der Waals surface area contributed by atoms with Crippen LogP contribution in [0.1, 0.15) is 13.8 Å². The summed E-state index contributed by atoms with van der Waals surface area (Å²) in [5.74, 6) is 0.113. The van der Waals surface area contributed by atoms with E-state index in [9.17, 15) is 9.59 Å². The zero-order chi connectivity index (χ0) is 10.8. The van der Waals surface area contributed by atoms with E-state index in [-0.39, 0.29) is 24.2 Å². The lowest BCUT2D eigenvalue weighted by Gasteiger charge is -2.32. The van der Waals surface area contributed by atoms with E-state index in [0.29, 0.717) is 13.1 Å². The number of halogens is 1. The van der Waals surface area contributed by atoms with Crippen LogP contribution in [-0.4, -0.2) is 42.2 Å². The van der Waals surface area contributed by atoms with Gasteiger partial charge in [-0.2, -0.15) is 0 Å². The van der Waals surface area contributed by atoms with Gasteiger partial charge in [-0.25, -0.2) is 0 Å². The maximum atomic E-state index is 11.9. The van der Waals surface area contributed by atoms with Gasteiger partial charge in [-0.05, 0) is 13.8 Å². The average Bonchev–Trinajstić information content (AvgIpc) is 2.16. The number of carbonyl (C=O) groups is 2. The SMILES string of the molecule is CC(C)(CCl)C(=O)N1CCNC(=O)C1. The van der Waals surface area contributed by atoms with Crippen LogP contribution in [0, 0.1) is 5.41 Å². The van der Waals surface area contributed by atoms with Crippen molar-refractivity contribution in [3.63, 3.8) is 0 Å². The first kappa shape index (κ1) is 11.3. The molecule has 0 spiro atoms. The summed E-state index contributed by atoms with van der Waals surface area (Å²) in [6.45, 7) is 4.83. The Morgan fingerprint density at radius 2 is 2.29 bits per heavy atom. The minimum absolute atomic E-state index is 0.0534. The van der Waals surface area contributed by atoms with Crippen molar-refractivity contribution in [2.45, 2.75) is 13.8 Å². The van der Waals surface area contributed by atoms with Crippen LogP contribution < -0.4 is 5.32 Å². The fourth-order valence-electron chi connectivity index (χ4n) is 1.30. The molecule has 1 aliphatic heterocycles. The number of carbonyl (C=O) groups excluding carboxylic acids is 2. The van der Waals surface area contributed by atoms with Crippen molar-refractivity contribution >= 4 is 23.4 Å². The van der Waals surface area contributed by atoms with Gasteiger partial charge in [0.15, 0.2) is 0 Å². The second-order valence-corrected chi connectivity index (χ2v) is 4.36. The van der Waals surface area contributed by atoms with Gasteiger partial charge in [-0.1, -0.05) is 0 Å². The number of hydrogen-bond donors (Lipinski definition) is 1. The van der Waals surface area contributed by atoms with E-state index in [1.54, 1.807) is 18.7 Å². The van der Waals surface area contributed by atoms with E-state index >= 15 is 0 Å². The van der Waals surface area contributed by atoms with Gasteiger partial charge in [0.25, 0.3) is 0 Å². The Kier molecular flexibility index (Phi) is 3.37. The van der Waals surface area contributed by atoms with Gasteiger partial charge in [0.2, 0.25) is 11.8 Å². The van der Waals surface area contributed by atoms with Gasteiger partial charge in [0.1, 0.15) is 0 Å². The number of nitrogens with zero attached hydrogens (tertiary/aromatic N) is 1. The number of nitrogens with one attached hydrogen (secondary N) is 1. The third kappa shape index (κ3) is 2.38. The molecule has 1 aliphatic rings. The van der Waals surface area contributed by atoms with Crippen LogP contribution in [0.2, 0.25) is 0 Å². The normalized spacial score (nSPS) is 17.9. The molecule has 14 heavy (non-hydrogen) atoms. The molecule has 1 fully saturated rings. The van der Waals surface area contributed by atoms with E-state index in [4.69, 9.17) is 11.6 Å². The van der Waals surface area contributed by atoms with Crippen molar-refractivity contribution < 1.29 is 9.59 Å². The lowest BCUT2D eigenvalue weighted by atomic mass is 9.94. The molecule has 0 aromatic carbocycles. The van der Waals surface area contributed by atoms with E-state index in [0.717, 1.165) is 0 Å². The zero-order valence-corrected chi connectivity index (χ0v) is 9.23. The van der Waals surface area contributed by atoms with Crippen LogP contribution in [0.5, 0.6) is 0 Å². The summed E-state index contributed by atoms with van der Waals surface area (Å²) in [4.78, 5) is 24.5. The van der Waals surface area contributed by atoms with Crippen LogP contribution in [0.3, 0.4) is 0 Å². The number of hydrogen-bond acceptors (Lipinski definition) is 2. The minimum atomic E-state index is -0.584. The third-order valence-electron chi connectivity index (χ3n) is 2.24. The molecule has 1 rings (SSSR count). The van der Waals surface area contributed by atoms with Crippen LogP contribution in [0.15, 0.2) is 0 Å². The molecular weight excluding hydrogens is 204 g/mol. The highest BCUT2D eigenvalue weighted by molar-refractivity contribution is 6.19. The number of rotatable bonds is 2. The predicted molar refractivity (Wildman–Crippen MR) is 54.1 cm³/mol. The monoisotopic (exact) mass is 218 g/mol. The molecular formula is C9H15ClN2O2. The van der Waals surface area contributed by atoms with Gasteiger partial charge in [0.05, 0.1) is 12.0 Å². The van der Waals surface area contributed by atoms with Crippen molar-refractivity contribution in [3.05, 3.63) is 0 Å². The van der Waals surface area contributed by atoms with E-state index in [1.807, 2.05) is 0 Å². The Morgan fingerprint density at radius 1 is 1.64 bits per heavy atom. The summed E-state index contributed by atoms with van der Waals surface area (Å²) >= 11 is 5.70. The van der Waals surface area contributed by atoms with Gasteiger partial charge >= 0.3 is 0 Å². The van der Waals surface area contributed by atoms with Crippen molar-refractivity contribution in [1.29, 1.82) is 0 Å². The molecule has 4 nitrogen and oxygen atoms in total. The third-order valence-corrected chi connectivity index (χ3v) is 2.91. The molecule has 1 saturated heterocycles. The molecule has 0 bridgehead atoms. The fourth-order valence-corrected chi connectivity index (χ4v) is 1.41. The maximum Gasteiger partial charge on any atom is 0.239 e. The minimum Gasteiger partial charge on any atom is -0.353 e. The molecule has 0 aromatic heterocycles. The Morgan fingerprint density at radius 3 is 2.79 bits per heavy atom. The van der Waals surface area contributed by atoms with E-state index < -0.39 is 5.41 Å². The molecule has 0 aromatic rings. The summed E-state index contributed by atoms with van der Waals surface area (Å²) in [7, 11) is 0. The Bertz CT molecular complexity index is 253. The molecule has 80 valence electrons. The highest BCUT2D eigenvalue weighted by Crippen LogP contribution is 2.20. The molecule has 0 saturated carbocycles. The summed E-state index contributed by atoms with van der Waals surface area (Å²) in [5, 5.41) is 2.67. The van der Waals surface area contributed by atoms with Gasteiger partial charge in [-0.3, -0.25) is 9.59 Å². The molecule has 5 heteroatoms. The zero-order valence-electron chi connectivity index (χ0n) is 8.47. The topological polar surface area (TPSA) is 49.4 Å². The number of piperazine rings is 1. The second kappa shape index (κ2) is 4.17. The Balaban J connectivity index is 2.64. The predicted octanol–water partition coefficient (Wildman–Crippen LogP) is 0.210. The number of alkyl halides is 1. The standard InChI is InChI=1S/C9H15ClN2O2/c1-9(2,6-10)8(14)12-4-3-11-7(13)5-12/h3-6H2,1-2H3,(H,11,13). The smallest absolute Gasteiger partial charge is 0.239 e. The van der Waals surface area contributed by atoms with Crippen molar-refractivity contribution in [3.8, 4) is 0 Å². The molecule has 0 atom stereocenters. The van der Waals surface area contributed by atoms with Crippen molar-refractivity contribution in [2.75, 3.05) is 25.5 Å². The molecule has 1 N–H and O–H groups in total. The second-order valence-electron chi connectivity index (χ2n) is 4.09. The van der Waals surface area contributed by atoms with E-state index in [1.165, 1.54) is 0 Å². The first-order valence-corrected chi connectivity index (χ1v) is 5.13. The molecule has 0 aliphatic carbocycles. The fraction of sp³-hybridized carbons (Fsp3) is 0.778. The molecule has 0 unspecified atom stereocenters. The lowest BCUT2D eigenvalue weighted by Crippen LogP contribution is -2.53. The van der Waals surface area contributed by atoms with Crippen molar-refractivity contribution in [2.24, 2.45) is 5.41 Å². The summed E-state index contributed by atoms with van der Waals surface area (Å²) in [5.41, 5.74) is -0.584. The highest BCUT2D eigenvalue weighted by Gasteiger charge is 2.33. The first-order chi connectivity index (χ1) is 6.47. The average molecular weight is 219 g/mol. The quantitative estimate of drug-likeness (QED) is 0.674. The van der Waals surface area contributed by atoms with Crippen LogP contribution in [-0.2, 0) is 9.59 Å². The number of amides is 2. The summed E-state index contributed by atoms with van der Waals surface area (Å²) < 4.78 is 0. The van der Waals surface area contributed by atoms with Gasteiger partial charge < -0.3 is 10.2 Å². The Hall–Kier alpha value is -0.770. The van der Waals surface area contributed by atoms with Crippen LogP contribution in [0.4, 0.5) is 0 Å². The highest BCUT2D eigenvalue weighted by atomic mass is 35.5. The largest absolute Gasteiger partial charge is 0.353 e. The van der Waals surface area contributed by atoms with E-state index in [2.05, 4.69) is 5.32 Å². The molecule has 1 heterocycles. The Labute approximate surface area is 88.6 Å². The molecule has 0 radical (unpaired) electrons. The van der Waals surface area contributed by atoms with Gasteiger partial charge in [-0.15, -0.1) is 11.6 Å². The van der Waals surface area contributed by atoms with Crippen molar-refractivity contribution in [1.82, 2.24) is 10.2 Å². The first-order valence-electron chi connectivity index (χ1n) is 4.59.